The molecule has 0 rings (SSSR count). The zero-order chi connectivity index (χ0) is 14.2. The van der Waals surface area contributed by atoms with E-state index in [0.29, 0.717) is 13.0 Å². The van der Waals surface area contributed by atoms with Gasteiger partial charge in [-0.15, -0.1) is 0 Å². The van der Waals surface area contributed by atoms with E-state index in [0.717, 1.165) is 6.42 Å². The summed E-state index contributed by atoms with van der Waals surface area (Å²) in [6.07, 6.45) is 1.41. The van der Waals surface area contributed by atoms with Gasteiger partial charge in [0.05, 0.1) is 12.0 Å². The lowest BCUT2D eigenvalue weighted by Crippen LogP contribution is -2.47. The van der Waals surface area contributed by atoms with Crippen LogP contribution >= 0.6 is 0 Å². The molecule has 1 unspecified atom stereocenters. The Hall–Kier alpha value is -1.30. The van der Waals surface area contributed by atoms with Gasteiger partial charge in [0.25, 0.3) is 0 Å². The van der Waals surface area contributed by atoms with Crippen LogP contribution < -0.4 is 10.6 Å². The molecule has 0 spiro atoms. The molecule has 0 saturated carbocycles. The highest BCUT2D eigenvalue weighted by Gasteiger charge is 2.19. The summed E-state index contributed by atoms with van der Waals surface area (Å²) in [5.74, 6) is -0.911. The second kappa shape index (κ2) is 7.92. The summed E-state index contributed by atoms with van der Waals surface area (Å²) >= 11 is 0. The number of amides is 2. The number of carboxylic acid groups (broad SMARTS) is 1. The average Bonchev–Trinajstić information content (AvgIpc) is 2.26. The van der Waals surface area contributed by atoms with E-state index in [9.17, 15) is 9.59 Å². The predicted octanol–water partition coefficient (Wildman–Crippen LogP) is 1.35. The fraction of sp³-hybridized carbons (Fsp3) is 0.833. The van der Waals surface area contributed by atoms with Crippen molar-refractivity contribution in [2.75, 3.05) is 13.7 Å². The van der Waals surface area contributed by atoms with Crippen molar-refractivity contribution in [3.8, 4) is 0 Å². The second-order valence-corrected chi connectivity index (χ2v) is 4.87. The minimum Gasteiger partial charge on any atom is -0.481 e. The van der Waals surface area contributed by atoms with Gasteiger partial charge in [-0.2, -0.15) is 0 Å². The quantitative estimate of drug-likeness (QED) is 0.615. The molecule has 2 amide bonds. The molecular formula is C12H24N2O4. The van der Waals surface area contributed by atoms with Crippen molar-refractivity contribution in [1.82, 2.24) is 10.6 Å². The van der Waals surface area contributed by atoms with Gasteiger partial charge in [0.2, 0.25) is 0 Å². The number of nitrogens with one attached hydrogen (secondary N) is 2. The summed E-state index contributed by atoms with van der Waals surface area (Å²) in [5, 5.41) is 14.1. The van der Waals surface area contributed by atoms with E-state index < -0.39 is 11.6 Å². The highest BCUT2D eigenvalue weighted by atomic mass is 16.5. The molecule has 0 saturated heterocycles. The third-order valence-electron chi connectivity index (χ3n) is 2.62. The molecular weight excluding hydrogens is 236 g/mol. The normalized spacial score (nSPS) is 12.9. The number of hydrogen-bond donors (Lipinski definition) is 3. The van der Waals surface area contributed by atoms with Crippen LogP contribution in [0.15, 0.2) is 0 Å². The van der Waals surface area contributed by atoms with E-state index in [2.05, 4.69) is 10.6 Å². The summed E-state index contributed by atoms with van der Waals surface area (Å²) in [7, 11) is 1.57. The van der Waals surface area contributed by atoms with Crippen molar-refractivity contribution >= 4 is 12.0 Å². The maximum absolute atomic E-state index is 11.6. The Kier molecular flexibility index (Phi) is 7.35. The Morgan fingerprint density at radius 2 is 2.00 bits per heavy atom. The molecule has 0 radical (unpaired) electrons. The lowest BCUT2D eigenvalue weighted by Gasteiger charge is -2.24. The molecule has 0 aromatic rings. The molecule has 0 aromatic carbocycles. The van der Waals surface area contributed by atoms with Gasteiger partial charge in [-0.25, -0.2) is 4.79 Å². The number of carboxylic acids is 1. The maximum Gasteiger partial charge on any atom is 0.315 e. The number of carbonyl (C=O) groups is 2. The van der Waals surface area contributed by atoms with Gasteiger partial charge in [-0.1, -0.05) is 13.3 Å². The van der Waals surface area contributed by atoms with Crippen LogP contribution in [0, 0.1) is 0 Å². The largest absolute Gasteiger partial charge is 0.481 e. The van der Waals surface area contributed by atoms with E-state index in [4.69, 9.17) is 9.84 Å². The van der Waals surface area contributed by atoms with Crippen LogP contribution in [0.3, 0.4) is 0 Å². The van der Waals surface area contributed by atoms with Crippen molar-refractivity contribution in [3.63, 3.8) is 0 Å². The first kappa shape index (κ1) is 16.7. The lowest BCUT2D eigenvalue weighted by atomic mass is 10.1. The van der Waals surface area contributed by atoms with Gasteiger partial charge in [0.1, 0.15) is 0 Å². The van der Waals surface area contributed by atoms with E-state index in [1.165, 1.54) is 0 Å². The Morgan fingerprint density at radius 3 is 2.44 bits per heavy atom. The van der Waals surface area contributed by atoms with Crippen LogP contribution in [0.2, 0.25) is 0 Å². The molecule has 18 heavy (non-hydrogen) atoms. The van der Waals surface area contributed by atoms with Crippen LogP contribution in [-0.2, 0) is 9.53 Å². The fourth-order valence-electron chi connectivity index (χ4n) is 1.39. The van der Waals surface area contributed by atoms with Crippen molar-refractivity contribution in [3.05, 3.63) is 0 Å². The molecule has 0 aromatic heterocycles. The summed E-state index contributed by atoms with van der Waals surface area (Å²) < 4.78 is 5.17. The number of ether oxygens (including phenoxy) is 1. The number of aliphatic carboxylic acids is 1. The summed E-state index contributed by atoms with van der Waals surface area (Å²) in [6.45, 7) is 6.02. The zero-order valence-corrected chi connectivity index (χ0v) is 11.6. The SMILES string of the molecule is CCCC(CC(=O)O)NC(=O)NCC(C)(C)OC. The van der Waals surface area contributed by atoms with E-state index in [1.807, 2.05) is 20.8 Å². The Labute approximate surface area is 108 Å². The van der Waals surface area contributed by atoms with E-state index in [1.54, 1.807) is 7.11 Å². The van der Waals surface area contributed by atoms with Gasteiger partial charge < -0.3 is 20.5 Å². The highest BCUT2D eigenvalue weighted by molar-refractivity contribution is 5.75. The predicted molar refractivity (Wildman–Crippen MR) is 68.6 cm³/mol. The fourth-order valence-corrected chi connectivity index (χ4v) is 1.39. The van der Waals surface area contributed by atoms with Crippen molar-refractivity contribution in [2.45, 2.75) is 51.7 Å². The standard InChI is InChI=1S/C12H24N2O4/c1-5-6-9(7-10(15)16)14-11(17)13-8-12(2,3)18-4/h9H,5-8H2,1-4H3,(H,15,16)(H2,13,14,17). The molecule has 6 nitrogen and oxygen atoms in total. The number of methoxy groups -OCH3 is 1. The second-order valence-electron chi connectivity index (χ2n) is 4.87. The highest BCUT2D eigenvalue weighted by Crippen LogP contribution is 2.05. The molecule has 3 N–H and O–H groups in total. The molecule has 0 heterocycles. The minimum atomic E-state index is -0.911. The first-order chi connectivity index (χ1) is 8.30. The summed E-state index contributed by atoms with van der Waals surface area (Å²) in [4.78, 5) is 22.2. The van der Waals surface area contributed by atoms with Crippen LogP contribution in [0.5, 0.6) is 0 Å². The van der Waals surface area contributed by atoms with Crippen molar-refractivity contribution in [1.29, 1.82) is 0 Å². The minimum absolute atomic E-state index is 0.0606. The topological polar surface area (TPSA) is 87.7 Å². The monoisotopic (exact) mass is 260 g/mol. The van der Waals surface area contributed by atoms with Crippen LogP contribution in [-0.4, -0.2) is 42.4 Å². The van der Waals surface area contributed by atoms with Crippen LogP contribution in [0.4, 0.5) is 4.79 Å². The molecule has 0 aliphatic carbocycles. The molecule has 0 bridgehead atoms. The van der Waals surface area contributed by atoms with Gasteiger partial charge in [-0.05, 0) is 20.3 Å². The van der Waals surface area contributed by atoms with Gasteiger partial charge in [0, 0.05) is 19.7 Å². The Balaban J connectivity index is 4.13. The number of hydrogen-bond acceptors (Lipinski definition) is 3. The molecule has 0 aliphatic heterocycles. The smallest absolute Gasteiger partial charge is 0.315 e. The van der Waals surface area contributed by atoms with E-state index in [-0.39, 0.29) is 18.5 Å². The Bertz CT molecular complexity index is 279. The van der Waals surface area contributed by atoms with Crippen LogP contribution in [0.1, 0.15) is 40.0 Å². The third-order valence-corrected chi connectivity index (χ3v) is 2.62. The number of rotatable bonds is 8. The Morgan fingerprint density at radius 1 is 1.39 bits per heavy atom. The summed E-state index contributed by atoms with van der Waals surface area (Å²) in [5.41, 5.74) is -0.440. The number of carbonyl (C=O) groups excluding carboxylic acids is 1. The molecule has 0 aliphatic rings. The van der Waals surface area contributed by atoms with Gasteiger partial charge in [-0.3, -0.25) is 4.79 Å². The molecule has 106 valence electrons. The average molecular weight is 260 g/mol. The van der Waals surface area contributed by atoms with E-state index >= 15 is 0 Å². The zero-order valence-electron chi connectivity index (χ0n) is 11.6. The van der Waals surface area contributed by atoms with Crippen molar-refractivity contribution in [2.24, 2.45) is 0 Å². The lowest BCUT2D eigenvalue weighted by molar-refractivity contribution is -0.137. The molecule has 0 fully saturated rings. The van der Waals surface area contributed by atoms with Crippen molar-refractivity contribution < 1.29 is 19.4 Å². The summed E-state index contributed by atoms with van der Waals surface area (Å²) in [6, 6.07) is -0.696. The van der Waals surface area contributed by atoms with Gasteiger partial charge >= 0.3 is 12.0 Å². The van der Waals surface area contributed by atoms with Gasteiger partial charge in [0.15, 0.2) is 0 Å². The molecule has 1 atom stereocenters. The third kappa shape index (κ3) is 7.89. The molecule has 6 heteroatoms. The first-order valence-corrected chi connectivity index (χ1v) is 6.12. The van der Waals surface area contributed by atoms with Crippen LogP contribution in [0.25, 0.3) is 0 Å². The number of urea groups is 1. The maximum atomic E-state index is 11.6. The first-order valence-electron chi connectivity index (χ1n) is 6.12.